The Morgan fingerprint density at radius 2 is 2.00 bits per heavy atom. The smallest absolute Gasteiger partial charge is 0.223 e. The minimum atomic E-state index is -0.251. The average molecular weight is 358 g/mol. The van der Waals surface area contributed by atoms with Crippen LogP contribution in [0.3, 0.4) is 0 Å². The van der Waals surface area contributed by atoms with E-state index in [1.807, 2.05) is 11.0 Å². The Labute approximate surface area is 148 Å². The molecule has 24 heavy (non-hydrogen) atoms. The number of rotatable bonds is 4. The molecule has 0 saturated carbocycles. The molecule has 1 atom stereocenters. The maximum absolute atomic E-state index is 13.9. The predicted octanol–water partition coefficient (Wildman–Crippen LogP) is 1.44. The lowest BCUT2D eigenvalue weighted by molar-refractivity contribution is -0.132. The van der Waals surface area contributed by atoms with E-state index in [2.05, 4.69) is 10.2 Å². The van der Waals surface area contributed by atoms with Gasteiger partial charge in [-0.05, 0) is 6.07 Å². The van der Waals surface area contributed by atoms with Gasteiger partial charge in [0.2, 0.25) is 5.91 Å². The van der Waals surface area contributed by atoms with Crippen molar-refractivity contribution >= 4 is 18.3 Å². The lowest BCUT2D eigenvalue weighted by Crippen LogP contribution is -2.47. The first-order chi connectivity index (χ1) is 11.2. The fourth-order valence-corrected chi connectivity index (χ4v) is 3.16. The maximum atomic E-state index is 13.9. The molecule has 1 amide bonds. The summed E-state index contributed by atoms with van der Waals surface area (Å²) in [5, 5.41) is 3.25. The molecule has 0 aromatic heterocycles. The normalized spacial score (nSPS) is 22.0. The molecule has 2 heterocycles. The molecule has 5 nitrogen and oxygen atoms in total. The Hall–Kier alpha value is -1.21. The number of carbonyl (C=O) groups is 1. The summed E-state index contributed by atoms with van der Waals surface area (Å²) in [4.78, 5) is 16.3. The molecule has 2 aliphatic heterocycles. The molecule has 0 bridgehead atoms. The van der Waals surface area contributed by atoms with Crippen LogP contribution >= 0.6 is 12.4 Å². The maximum Gasteiger partial charge on any atom is 0.223 e. The number of nitrogens with one attached hydrogen (secondary N) is 1. The number of amides is 1. The monoisotopic (exact) mass is 357 g/mol. The molecule has 2 aliphatic rings. The second-order valence-corrected chi connectivity index (χ2v) is 6.06. The third-order valence-corrected chi connectivity index (χ3v) is 4.51. The molecule has 0 radical (unpaired) electrons. The summed E-state index contributed by atoms with van der Waals surface area (Å²) in [7, 11) is 0. The Morgan fingerprint density at radius 1 is 1.25 bits per heavy atom. The van der Waals surface area contributed by atoms with Crippen molar-refractivity contribution in [3.8, 4) is 0 Å². The number of ether oxygens (including phenoxy) is 1. The van der Waals surface area contributed by atoms with E-state index >= 15 is 0 Å². The lowest BCUT2D eigenvalue weighted by atomic mass is 10.1. The van der Waals surface area contributed by atoms with Crippen molar-refractivity contribution in [2.24, 2.45) is 0 Å². The van der Waals surface area contributed by atoms with E-state index in [9.17, 15) is 9.18 Å². The van der Waals surface area contributed by atoms with E-state index in [4.69, 9.17) is 4.74 Å². The second kappa shape index (κ2) is 9.32. The largest absolute Gasteiger partial charge is 0.371 e. The first-order valence-electron chi connectivity index (χ1n) is 8.31. The van der Waals surface area contributed by atoms with Gasteiger partial charge in [-0.2, -0.15) is 0 Å². The summed E-state index contributed by atoms with van der Waals surface area (Å²) in [6.07, 6.45) is 0.267. The minimum absolute atomic E-state index is 0. The van der Waals surface area contributed by atoms with E-state index in [1.165, 1.54) is 6.07 Å². The van der Waals surface area contributed by atoms with Crippen molar-refractivity contribution in [3.63, 3.8) is 0 Å². The van der Waals surface area contributed by atoms with E-state index < -0.39 is 0 Å². The zero-order valence-electron chi connectivity index (χ0n) is 13.7. The molecule has 2 saturated heterocycles. The second-order valence-electron chi connectivity index (χ2n) is 6.06. The molecule has 0 spiro atoms. The van der Waals surface area contributed by atoms with E-state index in [1.54, 1.807) is 12.1 Å². The number of halogens is 2. The molecule has 3 rings (SSSR count). The van der Waals surface area contributed by atoms with Crippen LogP contribution in [-0.2, 0) is 9.53 Å². The summed E-state index contributed by atoms with van der Waals surface area (Å²) in [6.45, 7) is 6.03. The highest BCUT2D eigenvalue weighted by Crippen LogP contribution is 2.24. The molecule has 2 fully saturated rings. The first kappa shape index (κ1) is 19.1. The Morgan fingerprint density at radius 3 is 2.75 bits per heavy atom. The van der Waals surface area contributed by atoms with Gasteiger partial charge >= 0.3 is 0 Å². The predicted molar refractivity (Wildman–Crippen MR) is 92.8 cm³/mol. The van der Waals surface area contributed by atoms with Gasteiger partial charge in [-0.15, -0.1) is 12.4 Å². The summed E-state index contributed by atoms with van der Waals surface area (Å²) in [5.74, 6) is -0.0170. The van der Waals surface area contributed by atoms with Gasteiger partial charge in [-0.1, -0.05) is 18.2 Å². The van der Waals surface area contributed by atoms with Crippen LogP contribution in [0, 0.1) is 5.82 Å². The van der Waals surface area contributed by atoms with E-state index in [-0.39, 0.29) is 30.2 Å². The first-order valence-corrected chi connectivity index (χ1v) is 8.31. The van der Waals surface area contributed by atoms with Crippen molar-refractivity contribution in [3.05, 3.63) is 35.6 Å². The van der Waals surface area contributed by atoms with Gasteiger partial charge in [0.15, 0.2) is 0 Å². The number of benzene rings is 1. The third kappa shape index (κ3) is 4.89. The zero-order valence-corrected chi connectivity index (χ0v) is 14.6. The molecular formula is C17H25ClFN3O2. The summed E-state index contributed by atoms with van der Waals surface area (Å²) in [6, 6.07) is 6.75. The molecule has 134 valence electrons. The van der Waals surface area contributed by atoms with Crippen LogP contribution in [0.2, 0.25) is 0 Å². The quantitative estimate of drug-likeness (QED) is 0.885. The molecule has 1 N–H and O–H groups in total. The number of morpholine rings is 1. The molecule has 1 aromatic carbocycles. The van der Waals surface area contributed by atoms with Crippen LogP contribution in [0.5, 0.6) is 0 Å². The topological polar surface area (TPSA) is 44.8 Å². The van der Waals surface area contributed by atoms with Gasteiger partial charge in [0.25, 0.3) is 0 Å². The fourth-order valence-electron chi connectivity index (χ4n) is 3.16. The van der Waals surface area contributed by atoms with Gasteiger partial charge < -0.3 is 15.0 Å². The van der Waals surface area contributed by atoms with E-state index in [0.29, 0.717) is 31.7 Å². The van der Waals surface area contributed by atoms with Crippen molar-refractivity contribution < 1.29 is 13.9 Å². The van der Waals surface area contributed by atoms with Crippen LogP contribution in [0.25, 0.3) is 0 Å². The molecule has 1 aromatic rings. The van der Waals surface area contributed by atoms with Crippen molar-refractivity contribution in [2.75, 3.05) is 52.4 Å². The Bertz CT molecular complexity index is 540. The number of hydrogen-bond acceptors (Lipinski definition) is 4. The van der Waals surface area contributed by atoms with Gasteiger partial charge in [0, 0.05) is 57.8 Å². The highest BCUT2D eigenvalue weighted by molar-refractivity contribution is 5.85. The van der Waals surface area contributed by atoms with Crippen LogP contribution in [0.15, 0.2) is 24.3 Å². The average Bonchev–Trinajstić information content (AvgIpc) is 2.61. The highest BCUT2D eigenvalue weighted by Gasteiger charge is 2.25. The summed E-state index contributed by atoms with van der Waals surface area (Å²) in [5.41, 5.74) is 0.602. The standard InChI is InChI=1S/C17H24FN3O2.ClH/c18-15-4-2-1-3-14(15)16-13-20(11-12-23-16)8-5-17(22)21-9-6-19-7-10-21;/h1-4,16,19H,5-13H2;1H. The van der Waals surface area contributed by atoms with Crippen LogP contribution in [0.1, 0.15) is 18.1 Å². The minimum Gasteiger partial charge on any atom is -0.371 e. The number of hydrogen-bond donors (Lipinski definition) is 1. The van der Waals surface area contributed by atoms with Crippen LogP contribution < -0.4 is 5.32 Å². The van der Waals surface area contributed by atoms with Crippen molar-refractivity contribution in [1.29, 1.82) is 0 Å². The van der Waals surface area contributed by atoms with Gasteiger partial charge in [0.1, 0.15) is 5.82 Å². The Balaban J connectivity index is 0.00000208. The fraction of sp³-hybridized carbons (Fsp3) is 0.588. The van der Waals surface area contributed by atoms with Gasteiger partial charge in [-0.25, -0.2) is 4.39 Å². The number of piperazine rings is 1. The molecule has 1 unspecified atom stereocenters. The highest BCUT2D eigenvalue weighted by atomic mass is 35.5. The van der Waals surface area contributed by atoms with Gasteiger partial charge in [-0.3, -0.25) is 9.69 Å². The van der Waals surface area contributed by atoms with Crippen LogP contribution in [-0.4, -0.2) is 68.1 Å². The van der Waals surface area contributed by atoms with Gasteiger partial charge in [0.05, 0.1) is 12.7 Å². The van der Waals surface area contributed by atoms with Crippen molar-refractivity contribution in [2.45, 2.75) is 12.5 Å². The molecule has 0 aliphatic carbocycles. The van der Waals surface area contributed by atoms with E-state index in [0.717, 1.165) is 32.7 Å². The van der Waals surface area contributed by atoms with Crippen LogP contribution in [0.4, 0.5) is 4.39 Å². The van der Waals surface area contributed by atoms with Crippen molar-refractivity contribution in [1.82, 2.24) is 15.1 Å². The number of nitrogens with zero attached hydrogens (tertiary/aromatic N) is 2. The lowest BCUT2D eigenvalue weighted by Gasteiger charge is -2.34. The third-order valence-electron chi connectivity index (χ3n) is 4.51. The summed E-state index contributed by atoms with van der Waals surface area (Å²) < 4.78 is 19.6. The molecular weight excluding hydrogens is 333 g/mol. The SMILES string of the molecule is Cl.O=C(CCN1CCOC(c2ccccc2F)C1)N1CCNCC1. The Kier molecular flexibility index (Phi) is 7.42. The number of carbonyl (C=O) groups excluding carboxylic acids is 1. The summed E-state index contributed by atoms with van der Waals surface area (Å²) >= 11 is 0. The molecule has 7 heteroatoms. The zero-order chi connectivity index (χ0) is 16.1.